The maximum atomic E-state index is 5.55. The molecule has 0 heterocycles. The second-order valence-corrected chi connectivity index (χ2v) is 3.83. The summed E-state index contributed by atoms with van der Waals surface area (Å²) in [4.78, 5) is 2.37. The van der Waals surface area contributed by atoms with E-state index in [4.69, 9.17) is 10.5 Å². The molecule has 0 unspecified atom stereocenters. The van der Waals surface area contributed by atoms with Gasteiger partial charge in [0.1, 0.15) is 5.75 Å². The zero-order chi connectivity index (χ0) is 11.8. The monoisotopic (exact) mass is 222 g/mol. The van der Waals surface area contributed by atoms with Gasteiger partial charge in [-0.15, -0.1) is 0 Å². The van der Waals surface area contributed by atoms with E-state index in [9.17, 15) is 0 Å². The van der Waals surface area contributed by atoms with Crippen LogP contribution in [0.2, 0.25) is 0 Å². The maximum absolute atomic E-state index is 5.55. The molecule has 1 aromatic carbocycles. The largest absolute Gasteiger partial charge is 0.497 e. The SMILES string of the molecule is CCCN(CCCN)c1ccc(OC)cc1. The third-order valence-electron chi connectivity index (χ3n) is 2.56. The number of nitrogens with zero attached hydrogens (tertiary/aromatic N) is 1. The lowest BCUT2D eigenvalue weighted by Gasteiger charge is -2.24. The minimum Gasteiger partial charge on any atom is -0.497 e. The van der Waals surface area contributed by atoms with Crippen molar-refractivity contribution in [3.8, 4) is 5.75 Å². The van der Waals surface area contributed by atoms with Crippen molar-refractivity contribution in [2.24, 2.45) is 5.73 Å². The summed E-state index contributed by atoms with van der Waals surface area (Å²) in [5, 5.41) is 0. The van der Waals surface area contributed by atoms with Gasteiger partial charge in [0.15, 0.2) is 0 Å². The Labute approximate surface area is 98.2 Å². The zero-order valence-corrected chi connectivity index (χ0v) is 10.3. The van der Waals surface area contributed by atoms with Crippen LogP contribution in [0.3, 0.4) is 0 Å². The summed E-state index contributed by atoms with van der Waals surface area (Å²) < 4.78 is 5.15. The zero-order valence-electron chi connectivity index (χ0n) is 10.3. The summed E-state index contributed by atoms with van der Waals surface area (Å²) in [5.74, 6) is 0.902. The van der Waals surface area contributed by atoms with Gasteiger partial charge in [0, 0.05) is 18.8 Å². The number of anilines is 1. The van der Waals surface area contributed by atoms with Gasteiger partial charge in [-0.25, -0.2) is 0 Å². The lowest BCUT2D eigenvalue weighted by atomic mass is 10.2. The smallest absolute Gasteiger partial charge is 0.119 e. The maximum Gasteiger partial charge on any atom is 0.119 e. The van der Waals surface area contributed by atoms with Crippen LogP contribution in [0, 0.1) is 0 Å². The van der Waals surface area contributed by atoms with Crippen molar-refractivity contribution in [2.75, 3.05) is 31.6 Å². The van der Waals surface area contributed by atoms with E-state index >= 15 is 0 Å². The Hall–Kier alpha value is -1.22. The van der Waals surface area contributed by atoms with Crippen molar-refractivity contribution >= 4 is 5.69 Å². The normalized spacial score (nSPS) is 10.2. The van der Waals surface area contributed by atoms with Gasteiger partial charge < -0.3 is 15.4 Å². The Bertz CT molecular complexity index is 284. The van der Waals surface area contributed by atoms with Gasteiger partial charge in [-0.1, -0.05) is 6.92 Å². The van der Waals surface area contributed by atoms with E-state index in [2.05, 4.69) is 24.0 Å². The number of rotatable bonds is 7. The average Bonchev–Trinajstić information content (AvgIpc) is 2.35. The molecule has 0 aliphatic carbocycles. The summed E-state index contributed by atoms with van der Waals surface area (Å²) in [6.07, 6.45) is 2.18. The minimum atomic E-state index is 0.746. The molecule has 1 aromatic rings. The molecule has 90 valence electrons. The van der Waals surface area contributed by atoms with E-state index in [0.717, 1.165) is 38.2 Å². The molecule has 2 N–H and O–H groups in total. The lowest BCUT2D eigenvalue weighted by molar-refractivity contribution is 0.415. The number of hydrogen-bond donors (Lipinski definition) is 1. The highest BCUT2D eigenvalue weighted by molar-refractivity contribution is 5.48. The molecule has 0 atom stereocenters. The predicted octanol–water partition coefficient (Wildman–Crippen LogP) is 2.26. The van der Waals surface area contributed by atoms with Crippen LogP contribution < -0.4 is 15.4 Å². The van der Waals surface area contributed by atoms with Crippen molar-refractivity contribution in [3.05, 3.63) is 24.3 Å². The molecule has 16 heavy (non-hydrogen) atoms. The third kappa shape index (κ3) is 3.74. The Morgan fingerprint density at radius 1 is 1.19 bits per heavy atom. The van der Waals surface area contributed by atoms with Crippen LogP contribution in [0.1, 0.15) is 19.8 Å². The molecule has 0 fully saturated rings. The third-order valence-corrected chi connectivity index (χ3v) is 2.56. The first-order valence-corrected chi connectivity index (χ1v) is 5.91. The van der Waals surface area contributed by atoms with Crippen LogP contribution in [0.25, 0.3) is 0 Å². The Morgan fingerprint density at radius 2 is 1.88 bits per heavy atom. The molecule has 0 saturated carbocycles. The van der Waals surface area contributed by atoms with Crippen LogP contribution in [0.5, 0.6) is 5.75 Å². The molecular formula is C13H22N2O. The van der Waals surface area contributed by atoms with E-state index in [0.29, 0.717) is 0 Å². The summed E-state index contributed by atoms with van der Waals surface area (Å²) in [7, 11) is 1.69. The fraction of sp³-hybridized carbons (Fsp3) is 0.538. The van der Waals surface area contributed by atoms with Gasteiger partial charge in [0.05, 0.1) is 7.11 Å². The molecule has 0 saturated heterocycles. The van der Waals surface area contributed by atoms with Gasteiger partial charge in [0.2, 0.25) is 0 Å². The fourth-order valence-corrected chi connectivity index (χ4v) is 1.72. The van der Waals surface area contributed by atoms with Gasteiger partial charge in [-0.05, 0) is 43.7 Å². The number of nitrogens with two attached hydrogens (primary N) is 1. The van der Waals surface area contributed by atoms with Crippen molar-refractivity contribution in [1.29, 1.82) is 0 Å². The molecule has 0 radical (unpaired) electrons. The molecule has 0 bridgehead atoms. The molecule has 3 heteroatoms. The lowest BCUT2D eigenvalue weighted by Crippen LogP contribution is -2.26. The molecule has 0 spiro atoms. The van der Waals surface area contributed by atoms with Crippen LogP contribution in [-0.2, 0) is 0 Å². The summed E-state index contributed by atoms with van der Waals surface area (Å²) in [6.45, 7) is 5.04. The number of ether oxygens (including phenoxy) is 1. The number of methoxy groups -OCH3 is 1. The highest BCUT2D eigenvalue weighted by Crippen LogP contribution is 2.19. The topological polar surface area (TPSA) is 38.5 Å². The average molecular weight is 222 g/mol. The van der Waals surface area contributed by atoms with E-state index in [1.54, 1.807) is 7.11 Å². The number of hydrogen-bond acceptors (Lipinski definition) is 3. The molecular weight excluding hydrogens is 200 g/mol. The van der Waals surface area contributed by atoms with Gasteiger partial charge in [-0.3, -0.25) is 0 Å². The van der Waals surface area contributed by atoms with Crippen LogP contribution in [-0.4, -0.2) is 26.7 Å². The fourth-order valence-electron chi connectivity index (χ4n) is 1.72. The molecule has 3 nitrogen and oxygen atoms in total. The van der Waals surface area contributed by atoms with Gasteiger partial charge >= 0.3 is 0 Å². The van der Waals surface area contributed by atoms with E-state index < -0.39 is 0 Å². The Morgan fingerprint density at radius 3 is 2.38 bits per heavy atom. The van der Waals surface area contributed by atoms with E-state index in [1.165, 1.54) is 5.69 Å². The first kappa shape index (κ1) is 12.8. The Kier molecular flexibility index (Phi) is 5.72. The van der Waals surface area contributed by atoms with Crippen molar-refractivity contribution in [3.63, 3.8) is 0 Å². The molecule has 0 aliphatic rings. The predicted molar refractivity (Wildman–Crippen MR) is 69.2 cm³/mol. The van der Waals surface area contributed by atoms with Crippen LogP contribution in [0.15, 0.2) is 24.3 Å². The van der Waals surface area contributed by atoms with E-state index in [-0.39, 0.29) is 0 Å². The minimum absolute atomic E-state index is 0.746. The van der Waals surface area contributed by atoms with Gasteiger partial charge in [0.25, 0.3) is 0 Å². The number of benzene rings is 1. The highest BCUT2D eigenvalue weighted by atomic mass is 16.5. The standard InChI is InChI=1S/C13H22N2O/c1-3-10-15(11-4-9-14)12-5-7-13(16-2)8-6-12/h5-8H,3-4,9-11,14H2,1-2H3. The molecule has 0 aromatic heterocycles. The second-order valence-electron chi connectivity index (χ2n) is 3.83. The Balaban J connectivity index is 2.67. The van der Waals surface area contributed by atoms with Crippen LogP contribution in [0.4, 0.5) is 5.69 Å². The van der Waals surface area contributed by atoms with Crippen molar-refractivity contribution < 1.29 is 4.74 Å². The highest BCUT2D eigenvalue weighted by Gasteiger charge is 2.04. The summed E-state index contributed by atoms with van der Waals surface area (Å²) in [6, 6.07) is 8.21. The summed E-state index contributed by atoms with van der Waals surface area (Å²) >= 11 is 0. The van der Waals surface area contributed by atoms with Gasteiger partial charge in [-0.2, -0.15) is 0 Å². The molecule has 1 rings (SSSR count). The van der Waals surface area contributed by atoms with Crippen LogP contribution >= 0.6 is 0 Å². The molecule has 0 amide bonds. The summed E-state index contributed by atoms with van der Waals surface area (Å²) in [5.41, 5.74) is 6.80. The molecule has 0 aliphatic heterocycles. The van der Waals surface area contributed by atoms with Crippen molar-refractivity contribution in [1.82, 2.24) is 0 Å². The second kappa shape index (κ2) is 7.12. The van der Waals surface area contributed by atoms with E-state index in [1.807, 2.05) is 12.1 Å². The quantitative estimate of drug-likeness (QED) is 0.769. The first-order valence-electron chi connectivity index (χ1n) is 5.91. The van der Waals surface area contributed by atoms with Crippen molar-refractivity contribution in [2.45, 2.75) is 19.8 Å². The first-order chi connectivity index (χ1) is 7.81.